The van der Waals surface area contributed by atoms with Crippen LogP contribution < -0.4 is 5.32 Å². The average molecular weight is 240 g/mol. The summed E-state index contributed by atoms with van der Waals surface area (Å²) in [5.41, 5.74) is 0. The molecule has 98 valence electrons. The van der Waals surface area contributed by atoms with Crippen molar-refractivity contribution in [2.45, 2.75) is 38.8 Å². The number of aliphatic hydroxyl groups is 1. The van der Waals surface area contributed by atoms with Crippen LogP contribution in [0.25, 0.3) is 0 Å². The summed E-state index contributed by atoms with van der Waals surface area (Å²) in [7, 11) is 0. The van der Waals surface area contributed by atoms with Gasteiger partial charge in [-0.15, -0.1) is 6.58 Å². The number of hydrogen-bond donors (Lipinski definition) is 2. The standard InChI is InChI=1S/C13H24N2O2/c1-4-7-14-13(17)10(2)15-8-5-12(6-9-15)11(3)16/h4,10-12,16H,1,5-9H2,2-3H3,(H,14,17)/t10-,11+/m1/s1. The van der Waals surface area contributed by atoms with E-state index < -0.39 is 0 Å². The van der Waals surface area contributed by atoms with Gasteiger partial charge in [0.25, 0.3) is 0 Å². The monoisotopic (exact) mass is 240 g/mol. The highest BCUT2D eigenvalue weighted by molar-refractivity contribution is 5.81. The van der Waals surface area contributed by atoms with Gasteiger partial charge in [0, 0.05) is 6.54 Å². The molecule has 0 saturated carbocycles. The Balaban J connectivity index is 2.37. The van der Waals surface area contributed by atoms with Crippen LogP contribution in [0.4, 0.5) is 0 Å². The molecule has 1 aliphatic heterocycles. The topological polar surface area (TPSA) is 52.6 Å². The molecule has 1 rings (SSSR count). The van der Waals surface area contributed by atoms with Crippen molar-refractivity contribution in [3.05, 3.63) is 12.7 Å². The van der Waals surface area contributed by atoms with E-state index in [2.05, 4.69) is 16.8 Å². The third kappa shape index (κ3) is 4.13. The summed E-state index contributed by atoms with van der Waals surface area (Å²) in [6, 6.07) is -0.0927. The molecule has 0 aromatic heterocycles. The van der Waals surface area contributed by atoms with E-state index in [9.17, 15) is 9.90 Å². The quantitative estimate of drug-likeness (QED) is 0.698. The fraction of sp³-hybridized carbons (Fsp3) is 0.769. The summed E-state index contributed by atoms with van der Waals surface area (Å²) in [6.07, 6.45) is 3.39. The highest BCUT2D eigenvalue weighted by atomic mass is 16.3. The summed E-state index contributed by atoms with van der Waals surface area (Å²) < 4.78 is 0. The molecule has 1 heterocycles. The van der Waals surface area contributed by atoms with Gasteiger partial charge in [-0.3, -0.25) is 9.69 Å². The van der Waals surface area contributed by atoms with Gasteiger partial charge in [0.15, 0.2) is 0 Å². The minimum absolute atomic E-state index is 0.0559. The van der Waals surface area contributed by atoms with Gasteiger partial charge >= 0.3 is 0 Å². The normalized spacial score (nSPS) is 21.8. The van der Waals surface area contributed by atoms with Crippen molar-refractivity contribution in [1.29, 1.82) is 0 Å². The Morgan fingerprint density at radius 2 is 2.12 bits per heavy atom. The molecule has 17 heavy (non-hydrogen) atoms. The lowest BCUT2D eigenvalue weighted by Crippen LogP contribution is -2.49. The van der Waals surface area contributed by atoms with E-state index in [1.807, 2.05) is 13.8 Å². The van der Waals surface area contributed by atoms with Crippen molar-refractivity contribution in [1.82, 2.24) is 10.2 Å². The zero-order valence-corrected chi connectivity index (χ0v) is 10.9. The summed E-state index contributed by atoms with van der Waals surface area (Å²) in [4.78, 5) is 13.9. The first-order valence-corrected chi connectivity index (χ1v) is 6.37. The maximum absolute atomic E-state index is 11.8. The lowest BCUT2D eigenvalue weighted by molar-refractivity contribution is -0.126. The van der Waals surface area contributed by atoms with E-state index >= 15 is 0 Å². The first kappa shape index (κ1) is 14.2. The molecule has 4 nitrogen and oxygen atoms in total. The van der Waals surface area contributed by atoms with Crippen LogP contribution in [-0.2, 0) is 4.79 Å². The molecule has 2 atom stereocenters. The van der Waals surface area contributed by atoms with Crippen molar-refractivity contribution in [3.63, 3.8) is 0 Å². The van der Waals surface area contributed by atoms with Crippen LogP contribution in [0.5, 0.6) is 0 Å². The zero-order chi connectivity index (χ0) is 12.8. The number of piperidine rings is 1. The maximum atomic E-state index is 11.8. The minimum atomic E-state index is -0.234. The Bertz CT molecular complexity index is 258. The van der Waals surface area contributed by atoms with Crippen molar-refractivity contribution in [2.24, 2.45) is 5.92 Å². The van der Waals surface area contributed by atoms with E-state index in [0.29, 0.717) is 12.5 Å². The predicted molar refractivity (Wildman–Crippen MR) is 68.6 cm³/mol. The predicted octanol–water partition coefficient (Wildman–Crippen LogP) is 0.770. The zero-order valence-electron chi connectivity index (χ0n) is 10.9. The van der Waals surface area contributed by atoms with E-state index in [1.165, 1.54) is 0 Å². The van der Waals surface area contributed by atoms with Crippen LogP contribution in [0, 0.1) is 5.92 Å². The van der Waals surface area contributed by atoms with Crippen molar-refractivity contribution >= 4 is 5.91 Å². The summed E-state index contributed by atoms with van der Waals surface area (Å²) in [6.45, 7) is 9.65. The van der Waals surface area contributed by atoms with Gasteiger partial charge in [0.05, 0.1) is 12.1 Å². The van der Waals surface area contributed by atoms with Crippen LogP contribution in [0.2, 0.25) is 0 Å². The van der Waals surface area contributed by atoms with Crippen molar-refractivity contribution < 1.29 is 9.90 Å². The summed E-state index contributed by atoms with van der Waals surface area (Å²) >= 11 is 0. The fourth-order valence-electron chi connectivity index (χ4n) is 2.28. The summed E-state index contributed by atoms with van der Waals surface area (Å²) in [5.74, 6) is 0.440. The fourth-order valence-corrected chi connectivity index (χ4v) is 2.28. The van der Waals surface area contributed by atoms with Crippen molar-refractivity contribution in [3.8, 4) is 0 Å². The molecule has 1 aliphatic rings. The second-order valence-corrected chi connectivity index (χ2v) is 4.82. The van der Waals surface area contributed by atoms with Crippen LogP contribution in [0.15, 0.2) is 12.7 Å². The molecule has 1 fully saturated rings. The molecule has 1 amide bonds. The molecule has 0 radical (unpaired) electrons. The van der Waals surface area contributed by atoms with Gasteiger partial charge in [-0.05, 0) is 45.7 Å². The Morgan fingerprint density at radius 1 is 1.53 bits per heavy atom. The number of nitrogens with zero attached hydrogens (tertiary/aromatic N) is 1. The van der Waals surface area contributed by atoms with Gasteiger partial charge in [0.2, 0.25) is 5.91 Å². The lowest BCUT2D eigenvalue weighted by Gasteiger charge is -2.36. The molecule has 0 aliphatic carbocycles. The van der Waals surface area contributed by atoms with Crippen LogP contribution >= 0.6 is 0 Å². The van der Waals surface area contributed by atoms with Crippen LogP contribution in [-0.4, -0.2) is 47.7 Å². The number of hydrogen-bond acceptors (Lipinski definition) is 3. The number of nitrogens with one attached hydrogen (secondary N) is 1. The molecule has 0 unspecified atom stereocenters. The van der Waals surface area contributed by atoms with Crippen LogP contribution in [0.3, 0.4) is 0 Å². The number of carbonyl (C=O) groups is 1. The van der Waals surface area contributed by atoms with E-state index in [0.717, 1.165) is 25.9 Å². The number of rotatable bonds is 5. The van der Waals surface area contributed by atoms with E-state index in [1.54, 1.807) is 6.08 Å². The number of carbonyl (C=O) groups excluding carboxylic acids is 1. The molecule has 1 saturated heterocycles. The number of likely N-dealkylation sites (tertiary alicyclic amines) is 1. The van der Waals surface area contributed by atoms with Gasteiger partial charge in [-0.25, -0.2) is 0 Å². The largest absolute Gasteiger partial charge is 0.393 e. The van der Waals surface area contributed by atoms with E-state index in [4.69, 9.17) is 0 Å². The molecular weight excluding hydrogens is 216 g/mol. The molecule has 0 spiro atoms. The SMILES string of the molecule is C=CCNC(=O)[C@@H](C)N1CCC([C@H](C)O)CC1. The molecule has 0 aromatic carbocycles. The Hall–Kier alpha value is -0.870. The Labute approximate surface area is 104 Å². The maximum Gasteiger partial charge on any atom is 0.237 e. The summed E-state index contributed by atoms with van der Waals surface area (Å²) in [5, 5.41) is 12.3. The average Bonchev–Trinajstić information content (AvgIpc) is 2.35. The van der Waals surface area contributed by atoms with Gasteiger partial charge in [-0.2, -0.15) is 0 Å². The molecule has 2 N–H and O–H groups in total. The number of amides is 1. The third-order valence-electron chi connectivity index (χ3n) is 3.60. The third-order valence-corrected chi connectivity index (χ3v) is 3.60. The molecule has 0 aromatic rings. The second kappa shape index (κ2) is 6.77. The second-order valence-electron chi connectivity index (χ2n) is 4.82. The van der Waals surface area contributed by atoms with Gasteiger partial charge < -0.3 is 10.4 Å². The van der Waals surface area contributed by atoms with E-state index in [-0.39, 0.29) is 18.1 Å². The van der Waals surface area contributed by atoms with Gasteiger partial charge in [0.1, 0.15) is 0 Å². The highest BCUT2D eigenvalue weighted by Crippen LogP contribution is 2.21. The Kier molecular flexibility index (Phi) is 5.65. The molecule has 0 bridgehead atoms. The highest BCUT2D eigenvalue weighted by Gasteiger charge is 2.27. The first-order chi connectivity index (χ1) is 8.06. The van der Waals surface area contributed by atoms with Gasteiger partial charge in [-0.1, -0.05) is 6.08 Å². The minimum Gasteiger partial charge on any atom is -0.393 e. The lowest BCUT2D eigenvalue weighted by atomic mass is 9.91. The molecule has 4 heteroatoms. The van der Waals surface area contributed by atoms with Crippen LogP contribution in [0.1, 0.15) is 26.7 Å². The van der Waals surface area contributed by atoms with Crippen molar-refractivity contribution in [2.75, 3.05) is 19.6 Å². The number of aliphatic hydroxyl groups excluding tert-OH is 1. The first-order valence-electron chi connectivity index (χ1n) is 6.37. The molecular formula is C13H24N2O2. The Morgan fingerprint density at radius 3 is 2.59 bits per heavy atom. The smallest absolute Gasteiger partial charge is 0.237 e.